The lowest BCUT2D eigenvalue weighted by atomic mass is 10.2. The number of anilines is 1. The number of hydrogen-bond donors (Lipinski definition) is 1. The Morgan fingerprint density at radius 2 is 1.91 bits per heavy atom. The van der Waals surface area contributed by atoms with E-state index in [2.05, 4.69) is 21.2 Å². The highest BCUT2D eigenvalue weighted by molar-refractivity contribution is 9.10. The highest BCUT2D eigenvalue weighted by Crippen LogP contribution is 2.21. The summed E-state index contributed by atoms with van der Waals surface area (Å²) in [5, 5.41) is 2.96. The Balaban J connectivity index is 2.18. The molecule has 0 amide bonds. The van der Waals surface area contributed by atoms with Crippen LogP contribution < -0.4 is 5.32 Å². The van der Waals surface area contributed by atoms with Crippen LogP contribution in [0.2, 0.25) is 0 Å². The van der Waals surface area contributed by atoms with Crippen LogP contribution in [0, 0.1) is 5.82 Å². The SMILES string of the molecule is CN(C)S(=O)(=O)c1cccc(CNc2ccc(Br)cc2F)c1. The third-order valence-corrected chi connectivity index (χ3v) is 5.40. The van der Waals surface area contributed by atoms with E-state index in [-0.39, 0.29) is 10.7 Å². The van der Waals surface area contributed by atoms with E-state index in [1.165, 1.54) is 20.2 Å². The van der Waals surface area contributed by atoms with Gasteiger partial charge in [0.05, 0.1) is 10.6 Å². The smallest absolute Gasteiger partial charge is 0.242 e. The van der Waals surface area contributed by atoms with Crippen LogP contribution in [-0.2, 0) is 16.6 Å². The van der Waals surface area contributed by atoms with Gasteiger partial charge >= 0.3 is 0 Å². The molecule has 2 aromatic carbocycles. The van der Waals surface area contributed by atoms with Gasteiger partial charge in [-0.2, -0.15) is 0 Å². The average Bonchev–Trinajstić information content (AvgIpc) is 2.46. The number of halogens is 2. The Kier molecular flexibility index (Phi) is 5.20. The summed E-state index contributed by atoms with van der Waals surface area (Å²) in [7, 11) is -0.504. The molecule has 0 saturated carbocycles. The molecule has 0 spiro atoms. The second-order valence-electron chi connectivity index (χ2n) is 4.91. The fourth-order valence-corrected chi connectivity index (χ4v) is 3.16. The van der Waals surface area contributed by atoms with Crippen LogP contribution in [0.4, 0.5) is 10.1 Å². The van der Waals surface area contributed by atoms with E-state index in [0.717, 1.165) is 9.87 Å². The van der Waals surface area contributed by atoms with Crippen LogP contribution in [0.25, 0.3) is 0 Å². The summed E-state index contributed by atoms with van der Waals surface area (Å²) in [6, 6.07) is 11.3. The maximum absolute atomic E-state index is 13.7. The second-order valence-corrected chi connectivity index (χ2v) is 7.98. The molecule has 0 bridgehead atoms. The molecule has 0 aliphatic heterocycles. The molecule has 0 aliphatic rings. The molecule has 0 radical (unpaired) electrons. The van der Waals surface area contributed by atoms with E-state index in [0.29, 0.717) is 16.7 Å². The zero-order chi connectivity index (χ0) is 16.3. The van der Waals surface area contributed by atoms with Crippen molar-refractivity contribution in [1.29, 1.82) is 0 Å². The molecule has 0 aliphatic carbocycles. The molecular weight excluding hydrogens is 371 g/mol. The molecule has 0 fully saturated rings. The number of hydrogen-bond acceptors (Lipinski definition) is 3. The quantitative estimate of drug-likeness (QED) is 0.855. The first-order valence-electron chi connectivity index (χ1n) is 6.51. The summed E-state index contributed by atoms with van der Waals surface area (Å²) >= 11 is 3.20. The minimum atomic E-state index is -3.47. The van der Waals surface area contributed by atoms with Crippen molar-refractivity contribution in [2.24, 2.45) is 0 Å². The molecule has 0 unspecified atom stereocenters. The highest BCUT2D eigenvalue weighted by atomic mass is 79.9. The summed E-state index contributed by atoms with van der Waals surface area (Å²) in [6.45, 7) is 0.329. The van der Waals surface area contributed by atoms with Crippen LogP contribution in [0.1, 0.15) is 5.56 Å². The molecule has 4 nitrogen and oxygen atoms in total. The van der Waals surface area contributed by atoms with Crippen LogP contribution in [0.3, 0.4) is 0 Å². The van der Waals surface area contributed by atoms with Crippen LogP contribution in [-0.4, -0.2) is 26.8 Å². The monoisotopic (exact) mass is 386 g/mol. The van der Waals surface area contributed by atoms with Gasteiger partial charge in [-0.3, -0.25) is 0 Å². The van der Waals surface area contributed by atoms with E-state index in [1.807, 2.05) is 0 Å². The largest absolute Gasteiger partial charge is 0.379 e. The van der Waals surface area contributed by atoms with Crippen molar-refractivity contribution in [2.45, 2.75) is 11.4 Å². The van der Waals surface area contributed by atoms with Gasteiger partial charge in [0.15, 0.2) is 0 Å². The molecule has 22 heavy (non-hydrogen) atoms. The molecule has 0 heterocycles. The summed E-state index contributed by atoms with van der Waals surface area (Å²) in [4.78, 5) is 0.216. The van der Waals surface area contributed by atoms with Gasteiger partial charge in [0, 0.05) is 25.1 Å². The normalized spacial score (nSPS) is 11.7. The van der Waals surface area contributed by atoms with Crippen LogP contribution in [0.5, 0.6) is 0 Å². The van der Waals surface area contributed by atoms with Crippen molar-refractivity contribution in [3.8, 4) is 0 Å². The molecule has 1 N–H and O–H groups in total. The van der Waals surface area contributed by atoms with E-state index >= 15 is 0 Å². The lowest BCUT2D eigenvalue weighted by Crippen LogP contribution is -2.22. The lowest BCUT2D eigenvalue weighted by Gasteiger charge is -2.13. The van der Waals surface area contributed by atoms with Crippen molar-refractivity contribution in [1.82, 2.24) is 4.31 Å². The number of benzene rings is 2. The zero-order valence-corrected chi connectivity index (χ0v) is 14.6. The minimum absolute atomic E-state index is 0.216. The third-order valence-electron chi connectivity index (χ3n) is 3.09. The Bertz CT molecular complexity index is 779. The van der Waals surface area contributed by atoms with Crippen LogP contribution in [0.15, 0.2) is 51.8 Å². The summed E-state index contributed by atoms with van der Waals surface area (Å²) in [6.07, 6.45) is 0. The Labute approximate surface area is 138 Å². The Morgan fingerprint density at radius 3 is 2.55 bits per heavy atom. The first kappa shape index (κ1) is 16.9. The van der Waals surface area contributed by atoms with E-state index in [1.54, 1.807) is 36.4 Å². The summed E-state index contributed by atoms with van der Waals surface area (Å²) in [5.41, 5.74) is 1.12. The Hall–Kier alpha value is -1.44. The predicted octanol–water partition coefficient (Wildman–Crippen LogP) is 3.45. The van der Waals surface area contributed by atoms with Gasteiger partial charge in [0.25, 0.3) is 0 Å². The average molecular weight is 387 g/mol. The van der Waals surface area contributed by atoms with Gasteiger partial charge in [-0.15, -0.1) is 0 Å². The van der Waals surface area contributed by atoms with Crippen molar-refractivity contribution >= 4 is 31.6 Å². The molecule has 2 aromatic rings. The first-order valence-corrected chi connectivity index (χ1v) is 8.74. The maximum atomic E-state index is 13.7. The number of nitrogens with zero attached hydrogens (tertiary/aromatic N) is 1. The topological polar surface area (TPSA) is 49.4 Å². The van der Waals surface area contributed by atoms with Crippen LogP contribution >= 0.6 is 15.9 Å². The van der Waals surface area contributed by atoms with E-state index < -0.39 is 10.0 Å². The fraction of sp³-hybridized carbons (Fsp3) is 0.200. The predicted molar refractivity (Wildman–Crippen MR) is 88.7 cm³/mol. The third kappa shape index (κ3) is 3.85. The second kappa shape index (κ2) is 6.76. The van der Waals surface area contributed by atoms with Gasteiger partial charge in [-0.1, -0.05) is 28.1 Å². The van der Waals surface area contributed by atoms with E-state index in [4.69, 9.17) is 0 Å². The molecule has 0 atom stereocenters. The van der Waals surface area contributed by atoms with Crippen molar-refractivity contribution in [3.05, 3.63) is 58.3 Å². The molecule has 2 rings (SSSR count). The molecular formula is C15H16BrFN2O2S. The van der Waals surface area contributed by atoms with Crippen molar-refractivity contribution in [3.63, 3.8) is 0 Å². The number of rotatable bonds is 5. The zero-order valence-electron chi connectivity index (χ0n) is 12.2. The molecule has 118 valence electrons. The van der Waals surface area contributed by atoms with Gasteiger partial charge in [0.1, 0.15) is 5.82 Å². The lowest BCUT2D eigenvalue weighted by molar-refractivity contribution is 0.520. The Morgan fingerprint density at radius 1 is 1.18 bits per heavy atom. The summed E-state index contributed by atoms with van der Waals surface area (Å²) < 4.78 is 39.7. The highest BCUT2D eigenvalue weighted by Gasteiger charge is 2.17. The number of nitrogens with one attached hydrogen (secondary N) is 1. The molecule has 0 aromatic heterocycles. The van der Waals surface area contributed by atoms with Crippen molar-refractivity contribution in [2.75, 3.05) is 19.4 Å². The standard InChI is InChI=1S/C15H16BrFN2O2S/c1-19(2)22(20,21)13-5-3-4-11(8-13)10-18-15-7-6-12(16)9-14(15)17/h3-9,18H,10H2,1-2H3. The number of sulfonamides is 1. The fourth-order valence-electron chi connectivity index (χ4n) is 1.86. The van der Waals surface area contributed by atoms with Gasteiger partial charge in [-0.05, 0) is 35.9 Å². The molecule has 0 saturated heterocycles. The van der Waals surface area contributed by atoms with Crippen molar-refractivity contribution < 1.29 is 12.8 Å². The van der Waals surface area contributed by atoms with E-state index in [9.17, 15) is 12.8 Å². The minimum Gasteiger partial charge on any atom is -0.379 e. The van der Waals surface area contributed by atoms with Gasteiger partial charge in [-0.25, -0.2) is 17.1 Å². The van der Waals surface area contributed by atoms with Gasteiger partial charge in [0.2, 0.25) is 10.0 Å². The maximum Gasteiger partial charge on any atom is 0.242 e. The van der Waals surface area contributed by atoms with Gasteiger partial charge < -0.3 is 5.32 Å². The first-order chi connectivity index (χ1) is 10.3. The molecule has 7 heteroatoms. The summed E-state index contributed by atoms with van der Waals surface area (Å²) in [5.74, 6) is -0.369.